The molecule has 0 spiro atoms. The smallest absolute Gasteiger partial charge is 0.243 e. The van der Waals surface area contributed by atoms with E-state index in [0.29, 0.717) is 12.4 Å². The molecule has 5 nitrogen and oxygen atoms in total. The minimum atomic E-state index is -3.56. The van der Waals surface area contributed by atoms with Crippen LogP contribution in [0.4, 0.5) is 0 Å². The van der Waals surface area contributed by atoms with Gasteiger partial charge in [-0.05, 0) is 50.5 Å². The van der Waals surface area contributed by atoms with Crippen LogP contribution >= 0.6 is 0 Å². The lowest BCUT2D eigenvalue weighted by atomic mass is 9.93. The van der Waals surface area contributed by atoms with Gasteiger partial charge in [0.25, 0.3) is 0 Å². The standard InChI is InChI=1S/C15H23NO4S/c1-3-20-15-8-7-14(11-12(15)2)21(18,19)16(9-10-17)13-5-4-6-13/h7-8,11,13,17H,3-6,9-10H2,1-2H3. The first kappa shape index (κ1) is 16.3. The number of ether oxygens (including phenoxy) is 1. The Hall–Kier alpha value is -1.11. The van der Waals surface area contributed by atoms with Crippen LogP contribution in [-0.4, -0.2) is 43.6 Å². The van der Waals surface area contributed by atoms with Crippen molar-refractivity contribution in [1.29, 1.82) is 0 Å². The average Bonchev–Trinajstić information content (AvgIpc) is 2.38. The Kier molecular flexibility index (Phi) is 5.24. The maximum atomic E-state index is 12.8. The molecule has 1 aliphatic rings. The zero-order valence-corrected chi connectivity index (χ0v) is 13.4. The molecule has 1 aliphatic carbocycles. The molecular weight excluding hydrogens is 290 g/mol. The summed E-state index contributed by atoms with van der Waals surface area (Å²) in [6, 6.07) is 4.94. The van der Waals surface area contributed by atoms with Crippen molar-refractivity contribution in [3.05, 3.63) is 23.8 Å². The van der Waals surface area contributed by atoms with Crippen molar-refractivity contribution in [3.8, 4) is 5.75 Å². The predicted molar refractivity (Wildman–Crippen MR) is 81.0 cm³/mol. The molecular formula is C15H23NO4S. The summed E-state index contributed by atoms with van der Waals surface area (Å²) in [5.41, 5.74) is 0.801. The molecule has 21 heavy (non-hydrogen) atoms. The van der Waals surface area contributed by atoms with E-state index in [1.807, 2.05) is 13.8 Å². The second kappa shape index (κ2) is 6.77. The first-order chi connectivity index (χ1) is 10.0. The van der Waals surface area contributed by atoms with Gasteiger partial charge in [-0.3, -0.25) is 0 Å². The van der Waals surface area contributed by atoms with Gasteiger partial charge in [0, 0.05) is 12.6 Å². The zero-order valence-electron chi connectivity index (χ0n) is 12.6. The van der Waals surface area contributed by atoms with Gasteiger partial charge < -0.3 is 9.84 Å². The zero-order chi connectivity index (χ0) is 15.5. The van der Waals surface area contributed by atoms with E-state index in [0.717, 1.165) is 24.8 Å². The summed E-state index contributed by atoms with van der Waals surface area (Å²) >= 11 is 0. The molecule has 0 unspecified atom stereocenters. The summed E-state index contributed by atoms with van der Waals surface area (Å²) in [5, 5.41) is 9.16. The van der Waals surface area contributed by atoms with Crippen LogP contribution in [0.5, 0.6) is 5.75 Å². The Bertz CT molecular complexity index is 581. The van der Waals surface area contributed by atoms with Crippen LogP contribution in [0.1, 0.15) is 31.7 Å². The van der Waals surface area contributed by atoms with Gasteiger partial charge in [-0.1, -0.05) is 6.42 Å². The van der Waals surface area contributed by atoms with Crippen molar-refractivity contribution in [2.24, 2.45) is 0 Å². The third kappa shape index (κ3) is 3.39. The summed E-state index contributed by atoms with van der Waals surface area (Å²) in [6.45, 7) is 4.27. The van der Waals surface area contributed by atoms with Crippen LogP contribution in [0.2, 0.25) is 0 Å². The van der Waals surface area contributed by atoms with Gasteiger partial charge in [0.05, 0.1) is 18.1 Å². The van der Waals surface area contributed by atoms with Gasteiger partial charge in [-0.25, -0.2) is 8.42 Å². The SMILES string of the molecule is CCOc1ccc(S(=O)(=O)N(CCO)C2CCC2)cc1C. The molecule has 0 bridgehead atoms. The first-order valence-corrected chi connectivity index (χ1v) is 8.81. The second-order valence-corrected chi connectivity index (χ2v) is 7.17. The molecule has 0 aliphatic heterocycles. The fraction of sp³-hybridized carbons (Fsp3) is 0.600. The number of rotatable bonds is 7. The van der Waals surface area contributed by atoms with Crippen LogP contribution in [0, 0.1) is 6.92 Å². The summed E-state index contributed by atoms with van der Waals surface area (Å²) in [7, 11) is -3.56. The van der Waals surface area contributed by atoms with Gasteiger partial charge in [0.2, 0.25) is 10.0 Å². The van der Waals surface area contributed by atoms with Crippen molar-refractivity contribution in [1.82, 2.24) is 4.31 Å². The highest BCUT2D eigenvalue weighted by Crippen LogP contribution is 2.31. The maximum Gasteiger partial charge on any atom is 0.243 e. The van der Waals surface area contributed by atoms with E-state index in [2.05, 4.69) is 0 Å². The topological polar surface area (TPSA) is 66.8 Å². The fourth-order valence-corrected chi connectivity index (χ4v) is 4.27. The third-order valence-electron chi connectivity index (χ3n) is 3.86. The van der Waals surface area contributed by atoms with Gasteiger partial charge in [0.15, 0.2) is 0 Å². The van der Waals surface area contributed by atoms with Gasteiger partial charge in [-0.15, -0.1) is 0 Å². The molecule has 1 N–H and O–H groups in total. The Morgan fingerprint density at radius 2 is 2.10 bits per heavy atom. The molecule has 2 rings (SSSR count). The number of aryl methyl sites for hydroxylation is 1. The maximum absolute atomic E-state index is 12.8. The largest absolute Gasteiger partial charge is 0.494 e. The molecule has 6 heteroatoms. The van der Waals surface area contributed by atoms with E-state index >= 15 is 0 Å². The van der Waals surface area contributed by atoms with E-state index in [9.17, 15) is 8.42 Å². The summed E-state index contributed by atoms with van der Waals surface area (Å²) in [6.07, 6.45) is 2.79. The molecule has 0 atom stereocenters. The van der Waals surface area contributed by atoms with Gasteiger partial charge in [-0.2, -0.15) is 4.31 Å². The highest BCUT2D eigenvalue weighted by molar-refractivity contribution is 7.89. The Balaban J connectivity index is 2.30. The molecule has 0 heterocycles. The van der Waals surface area contributed by atoms with Crippen LogP contribution < -0.4 is 4.74 Å². The summed E-state index contributed by atoms with van der Waals surface area (Å²) in [4.78, 5) is 0.267. The Morgan fingerprint density at radius 1 is 1.38 bits per heavy atom. The van der Waals surface area contributed by atoms with Crippen LogP contribution in [0.3, 0.4) is 0 Å². The number of sulfonamides is 1. The van der Waals surface area contributed by atoms with E-state index in [1.54, 1.807) is 18.2 Å². The molecule has 1 aromatic carbocycles. The molecule has 1 fully saturated rings. The van der Waals surface area contributed by atoms with Crippen molar-refractivity contribution in [2.75, 3.05) is 19.8 Å². The predicted octanol–water partition coefficient (Wildman–Crippen LogP) is 1.93. The van der Waals surface area contributed by atoms with Crippen molar-refractivity contribution < 1.29 is 18.3 Å². The normalized spacial score (nSPS) is 16.0. The number of aliphatic hydroxyl groups is 1. The third-order valence-corrected chi connectivity index (χ3v) is 5.80. The minimum absolute atomic E-state index is 0.0222. The van der Waals surface area contributed by atoms with E-state index in [4.69, 9.17) is 9.84 Å². The second-order valence-electron chi connectivity index (χ2n) is 5.28. The molecule has 1 saturated carbocycles. The number of hydrogen-bond donors (Lipinski definition) is 1. The average molecular weight is 313 g/mol. The monoisotopic (exact) mass is 313 g/mol. The molecule has 0 radical (unpaired) electrons. The lowest BCUT2D eigenvalue weighted by molar-refractivity contribution is 0.178. The molecule has 0 saturated heterocycles. The lowest BCUT2D eigenvalue weighted by Gasteiger charge is -2.36. The van der Waals surface area contributed by atoms with Gasteiger partial charge >= 0.3 is 0 Å². The van der Waals surface area contributed by atoms with Crippen LogP contribution in [-0.2, 0) is 10.0 Å². The fourth-order valence-electron chi connectivity index (χ4n) is 2.51. The Morgan fingerprint density at radius 3 is 2.57 bits per heavy atom. The number of aliphatic hydroxyl groups excluding tert-OH is 1. The highest BCUT2D eigenvalue weighted by atomic mass is 32.2. The summed E-state index contributed by atoms with van der Waals surface area (Å²) in [5.74, 6) is 0.703. The van der Waals surface area contributed by atoms with Crippen LogP contribution in [0.25, 0.3) is 0 Å². The number of hydrogen-bond acceptors (Lipinski definition) is 4. The highest BCUT2D eigenvalue weighted by Gasteiger charge is 2.34. The van der Waals surface area contributed by atoms with E-state index < -0.39 is 10.0 Å². The van der Waals surface area contributed by atoms with Gasteiger partial charge in [0.1, 0.15) is 5.75 Å². The first-order valence-electron chi connectivity index (χ1n) is 7.37. The minimum Gasteiger partial charge on any atom is -0.494 e. The molecule has 0 aromatic heterocycles. The summed E-state index contributed by atoms with van der Waals surface area (Å²) < 4.78 is 32.4. The van der Waals surface area contributed by atoms with Crippen molar-refractivity contribution in [3.63, 3.8) is 0 Å². The number of benzene rings is 1. The van der Waals surface area contributed by atoms with Crippen molar-refractivity contribution in [2.45, 2.75) is 44.0 Å². The Labute approximate surface area is 126 Å². The van der Waals surface area contributed by atoms with Crippen LogP contribution in [0.15, 0.2) is 23.1 Å². The van der Waals surface area contributed by atoms with Crippen molar-refractivity contribution >= 4 is 10.0 Å². The number of nitrogens with zero attached hydrogens (tertiary/aromatic N) is 1. The van der Waals surface area contributed by atoms with E-state index in [-0.39, 0.29) is 24.1 Å². The molecule has 118 valence electrons. The molecule has 0 amide bonds. The quantitative estimate of drug-likeness (QED) is 0.835. The lowest BCUT2D eigenvalue weighted by Crippen LogP contribution is -2.45. The molecule has 1 aromatic rings. The van der Waals surface area contributed by atoms with E-state index in [1.165, 1.54) is 4.31 Å².